The summed E-state index contributed by atoms with van der Waals surface area (Å²) in [4.78, 5) is 20.5. The van der Waals surface area contributed by atoms with Gasteiger partial charge in [-0.2, -0.15) is 0 Å². The van der Waals surface area contributed by atoms with Gasteiger partial charge in [0, 0.05) is 12.8 Å². The summed E-state index contributed by atoms with van der Waals surface area (Å²) < 4.78 is 0. The van der Waals surface area contributed by atoms with E-state index in [0.29, 0.717) is 12.8 Å². The number of unbranched alkanes of at least 4 members (excludes halogenated alkanes) is 20. The minimum atomic E-state index is -0.954. The lowest BCUT2D eigenvalue weighted by atomic mass is 10.1. The van der Waals surface area contributed by atoms with Gasteiger partial charge in [-0.1, -0.05) is 142 Å². The molecule has 0 atom stereocenters. The van der Waals surface area contributed by atoms with Crippen molar-refractivity contribution in [2.45, 2.75) is 198 Å². The Kier molecular flexibility index (Phi) is 85.5. The molecule has 0 aliphatic rings. The Morgan fingerprint density at radius 1 is 0.274 bits per heavy atom. The molecule has 19 nitrogen and oxygen atoms in total. The highest BCUT2D eigenvalue weighted by molar-refractivity contribution is 5.66. The van der Waals surface area contributed by atoms with E-state index >= 15 is 0 Å². The van der Waals surface area contributed by atoms with Crippen molar-refractivity contribution in [2.75, 3.05) is 66.1 Å². The smallest absolute Gasteiger partial charge is 0.303 e. The number of hydrogen-bond donors (Lipinski definition) is 17. The van der Waals surface area contributed by atoms with Crippen LogP contribution in [0.25, 0.3) is 0 Å². The van der Waals surface area contributed by atoms with Crippen molar-refractivity contribution in [2.24, 2.45) is 0 Å². The van der Waals surface area contributed by atoms with Crippen molar-refractivity contribution in [3.05, 3.63) is 0 Å². The van der Waals surface area contributed by atoms with Gasteiger partial charge in [0.1, 0.15) is 30.5 Å². The Hall–Kier alpha value is -1.66. The summed E-state index contributed by atoms with van der Waals surface area (Å²) in [6.45, 7) is 0.848. The molecule has 0 heterocycles. The van der Waals surface area contributed by atoms with Crippen molar-refractivity contribution >= 4 is 11.9 Å². The van der Waals surface area contributed by atoms with Crippen LogP contribution in [0.4, 0.5) is 0 Å². The van der Waals surface area contributed by atoms with Crippen LogP contribution in [-0.2, 0) is 9.59 Å². The molecule has 19 heteroatoms. The lowest BCUT2D eigenvalue weighted by molar-refractivity contribution is -0.138. The fraction of sp³-hybridized carbons (Fsp3) is 0.953. The van der Waals surface area contributed by atoms with Crippen molar-refractivity contribution in [1.29, 1.82) is 0 Å². The van der Waals surface area contributed by atoms with E-state index in [1.54, 1.807) is 0 Å². The van der Waals surface area contributed by atoms with E-state index in [-0.39, 0.29) is 66.1 Å². The number of carboxylic acid groups (broad SMARTS) is 2. The molecule has 0 bridgehead atoms. The fourth-order valence-electron chi connectivity index (χ4n) is 4.17. The van der Waals surface area contributed by atoms with Crippen LogP contribution in [0.15, 0.2) is 0 Å². The summed E-state index contributed by atoms with van der Waals surface area (Å²) in [5, 5.41) is 137. The Morgan fingerprint density at radius 3 is 0.500 bits per heavy atom. The van der Waals surface area contributed by atoms with Gasteiger partial charge in [0.15, 0.2) is 0 Å². The zero-order valence-electron chi connectivity index (χ0n) is 38.3. The van der Waals surface area contributed by atoms with E-state index in [0.717, 1.165) is 25.7 Å². The summed E-state index contributed by atoms with van der Waals surface area (Å²) in [6, 6.07) is 0. The van der Waals surface area contributed by atoms with Gasteiger partial charge >= 0.3 is 11.9 Å². The zero-order chi connectivity index (χ0) is 49.1. The predicted molar refractivity (Wildman–Crippen MR) is 238 cm³/mol. The van der Waals surface area contributed by atoms with Crippen molar-refractivity contribution in [3.63, 3.8) is 0 Å². The summed E-state index contributed by atoms with van der Waals surface area (Å²) in [5.74, 6) is -1.31. The van der Waals surface area contributed by atoms with E-state index < -0.39 is 42.5 Å². The summed E-state index contributed by atoms with van der Waals surface area (Å²) in [7, 11) is 0. The van der Waals surface area contributed by atoms with Crippen molar-refractivity contribution in [1.82, 2.24) is 0 Å². The summed E-state index contributed by atoms with van der Waals surface area (Å²) >= 11 is 0. The zero-order valence-corrected chi connectivity index (χ0v) is 38.3. The molecule has 0 aromatic rings. The molecule has 62 heavy (non-hydrogen) atoms. The molecule has 0 radical (unpaired) electrons. The molecule has 0 rings (SSSR count). The average molecular weight is 917 g/mol. The molecule has 0 saturated carbocycles. The maximum absolute atomic E-state index is 10.3. The Labute approximate surface area is 372 Å². The maximum Gasteiger partial charge on any atom is 0.303 e. The monoisotopic (exact) mass is 917 g/mol. The lowest BCUT2D eigenvalue weighted by Crippen LogP contribution is -2.15. The standard InChI is InChI=1S/2C14H28O2.5C3H8O3/c2*1-2-3-4-5-6-7-8-9-10-11-12-13-14(15)16;5*4-1-3(6)2-5/h2*2-13H2,1H3,(H,15,16);5*3-6H,1-2H2. The average Bonchev–Trinajstić information content (AvgIpc) is 3.29. The van der Waals surface area contributed by atoms with Gasteiger partial charge < -0.3 is 86.8 Å². The van der Waals surface area contributed by atoms with Gasteiger partial charge in [0.25, 0.3) is 0 Å². The van der Waals surface area contributed by atoms with Crippen LogP contribution in [0.3, 0.4) is 0 Å². The van der Waals surface area contributed by atoms with Gasteiger partial charge in [-0.15, -0.1) is 0 Å². The van der Waals surface area contributed by atoms with Crippen LogP contribution >= 0.6 is 0 Å². The number of aliphatic carboxylic acids is 2. The number of rotatable bonds is 34. The molecule has 0 unspecified atom stereocenters. The first-order valence-electron chi connectivity index (χ1n) is 22.5. The van der Waals surface area contributed by atoms with E-state index in [4.69, 9.17) is 86.8 Å². The molecule has 17 N–H and O–H groups in total. The minimum Gasteiger partial charge on any atom is -0.481 e. The molecule has 0 aliphatic carbocycles. The second-order valence-electron chi connectivity index (χ2n) is 14.5. The third-order valence-corrected chi connectivity index (χ3v) is 8.10. The second-order valence-corrected chi connectivity index (χ2v) is 14.5. The van der Waals surface area contributed by atoms with E-state index in [9.17, 15) is 9.59 Å². The highest BCUT2D eigenvalue weighted by atomic mass is 16.4. The molecule has 0 aliphatic heterocycles. The topological polar surface area (TPSA) is 378 Å². The van der Waals surface area contributed by atoms with Gasteiger partial charge in [-0.05, 0) is 12.8 Å². The number of carboxylic acids is 2. The Morgan fingerprint density at radius 2 is 0.403 bits per heavy atom. The molecular formula is C43H96O19. The number of hydrogen-bond acceptors (Lipinski definition) is 17. The van der Waals surface area contributed by atoms with Crippen molar-refractivity contribution < 1.29 is 96.4 Å². The van der Waals surface area contributed by atoms with Gasteiger partial charge in [-0.25, -0.2) is 0 Å². The number of aliphatic hydroxyl groups excluding tert-OH is 15. The van der Waals surface area contributed by atoms with E-state index in [1.165, 1.54) is 116 Å². The van der Waals surface area contributed by atoms with Crippen LogP contribution < -0.4 is 0 Å². The van der Waals surface area contributed by atoms with Crippen LogP contribution in [0, 0.1) is 0 Å². The molecule has 382 valence electrons. The Balaban J connectivity index is -0.000000121. The largest absolute Gasteiger partial charge is 0.481 e. The molecule has 0 fully saturated rings. The van der Waals surface area contributed by atoms with E-state index in [1.807, 2.05) is 0 Å². The number of carbonyl (C=O) groups is 2. The third-order valence-electron chi connectivity index (χ3n) is 8.10. The van der Waals surface area contributed by atoms with Crippen LogP contribution in [0.2, 0.25) is 0 Å². The third kappa shape index (κ3) is 97.6. The first-order chi connectivity index (χ1) is 29.6. The van der Waals surface area contributed by atoms with Crippen LogP contribution in [0.1, 0.15) is 168 Å². The predicted octanol–water partition coefficient (Wildman–Crippen LogP) is 1.20. The normalized spacial score (nSPS) is 10.3. The van der Waals surface area contributed by atoms with E-state index in [2.05, 4.69) is 13.8 Å². The summed E-state index contributed by atoms with van der Waals surface area (Å²) in [6.07, 6.45) is 24.0. The fourth-order valence-corrected chi connectivity index (χ4v) is 4.17. The molecular weight excluding hydrogens is 820 g/mol. The molecule has 0 aromatic carbocycles. The SMILES string of the molecule is CCCCCCCCCCCCCC(=O)O.CCCCCCCCCCCCCC(=O)O.OCC(O)CO.OCC(O)CO.OCC(O)CO.OCC(O)CO.OCC(O)CO. The summed E-state index contributed by atoms with van der Waals surface area (Å²) in [5.41, 5.74) is 0. The molecule has 0 saturated heterocycles. The molecule has 0 amide bonds. The first kappa shape index (κ1) is 74.7. The first-order valence-corrected chi connectivity index (χ1v) is 22.5. The minimum absolute atomic E-state index is 0.344. The molecule has 0 aromatic heterocycles. The highest BCUT2D eigenvalue weighted by Gasteiger charge is 1.99. The van der Waals surface area contributed by atoms with Gasteiger partial charge in [-0.3, -0.25) is 9.59 Å². The Bertz CT molecular complexity index is 657. The number of aliphatic hydroxyl groups is 15. The van der Waals surface area contributed by atoms with Gasteiger partial charge in [0.2, 0.25) is 0 Å². The quantitative estimate of drug-likeness (QED) is 0.0403. The molecule has 0 spiro atoms. The highest BCUT2D eigenvalue weighted by Crippen LogP contribution is 2.13. The maximum atomic E-state index is 10.3. The van der Waals surface area contributed by atoms with Crippen LogP contribution in [-0.4, -0.2) is 195 Å². The van der Waals surface area contributed by atoms with Gasteiger partial charge in [0.05, 0.1) is 66.1 Å². The van der Waals surface area contributed by atoms with Crippen molar-refractivity contribution in [3.8, 4) is 0 Å². The lowest BCUT2D eigenvalue weighted by Gasteiger charge is -2.01. The second kappa shape index (κ2) is 71.0. The van der Waals surface area contributed by atoms with Crippen LogP contribution in [0.5, 0.6) is 0 Å².